The third-order valence-corrected chi connectivity index (χ3v) is 15.2. The van der Waals surface area contributed by atoms with Crippen LogP contribution in [0.1, 0.15) is 76.2 Å². The molecule has 3 atom stereocenters. The number of aromatic amines is 1. The average Bonchev–Trinajstić information content (AvgIpc) is 1.92. The number of imide groups is 2. The summed E-state index contributed by atoms with van der Waals surface area (Å²) in [5, 5.41) is 10.6. The summed E-state index contributed by atoms with van der Waals surface area (Å²) < 4.78 is 85.8. The lowest BCUT2D eigenvalue weighted by atomic mass is 10.0. The van der Waals surface area contributed by atoms with Gasteiger partial charge in [0.05, 0.1) is 99.7 Å². The molecule has 7 amide bonds. The van der Waals surface area contributed by atoms with Crippen LogP contribution in [-0.4, -0.2) is 210 Å². The van der Waals surface area contributed by atoms with E-state index in [0.29, 0.717) is 135 Å². The van der Waals surface area contributed by atoms with Crippen molar-refractivity contribution in [3.63, 3.8) is 0 Å². The number of carbonyl (C=O) groups is 7. The fraction of sp³-hybridized carbons (Fsp3) is 0.500. The van der Waals surface area contributed by atoms with E-state index in [1.165, 1.54) is 24.4 Å². The monoisotopic (exact) mass is 1210 g/mol. The Bertz CT molecular complexity index is 3130. The number of hydrogen-bond donors (Lipinski definition) is 5. The SMILES string of the molecule is C[C@@H]1CN(c2cc(F)c(-c3ccc(N4CCN(C(=O)CCC(=O)NCCOCCOCCOCCOCCOCCNc5cccc6c5C(=O)N(C5CCC(=O)NC5=O)C6=O)CC4)nc3)cc2NC(=O)c2c[nH]c(=O)cc2C(F)(F)F)C[C@H](C)N1C. The Morgan fingerprint density at radius 2 is 1.37 bits per heavy atom. The molecule has 0 spiro atoms. The molecule has 86 heavy (non-hydrogen) atoms. The van der Waals surface area contributed by atoms with Gasteiger partial charge in [-0.1, -0.05) is 6.07 Å². The van der Waals surface area contributed by atoms with Crippen molar-refractivity contribution in [2.45, 2.75) is 63.8 Å². The molecule has 4 aliphatic heterocycles. The van der Waals surface area contributed by atoms with Crippen LogP contribution < -0.4 is 36.6 Å². The standard InChI is InChI=1S/C58H71F4N11O13/c1-36-34-72(35-37(2)69(36)3)47-31-43(59)40(29-45(47)67-54(78)41-33-66-51(76)30-42(41)58(60,61)62)38-7-9-48(65-32-38)70-15-17-71(18-16-70)52(77)12-11-49(74)64-14-20-83-22-24-85-26-28-86-27-25-84-23-21-82-19-13-63-44-6-4-5-39-53(44)57(81)73(56(39)80)46-8-10-50(75)68-55(46)79/h4-7,9,29-33,36-37,46,63H,8,10-28,34-35H2,1-3H3,(H,64,74)(H,66,76)(H,67,78)(H,68,75,79)/t36-,37+,46?. The predicted molar refractivity (Wildman–Crippen MR) is 305 cm³/mol. The molecule has 1 unspecified atom stereocenters. The summed E-state index contributed by atoms with van der Waals surface area (Å²) in [5.41, 5.74) is -1.71. The number of piperidine rings is 1. The van der Waals surface area contributed by atoms with Gasteiger partial charge in [-0.15, -0.1) is 0 Å². The highest BCUT2D eigenvalue weighted by atomic mass is 19.4. The van der Waals surface area contributed by atoms with Gasteiger partial charge in [-0.05, 0) is 63.7 Å². The second-order valence-corrected chi connectivity index (χ2v) is 21.0. The molecule has 6 heterocycles. The van der Waals surface area contributed by atoms with Crippen LogP contribution in [0.4, 0.5) is 40.4 Å². The lowest BCUT2D eigenvalue weighted by Gasteiger charge is -2.44. The van der Waals surface area contributed by atoms with Crippen molar-refractivity contribution in [3.05, 3.63) is 99.3 Å². The van der Waals surface area contributed by atoms with E-state index in [1.54, 1.807) is 29.2 Å². The first kappa shape index (κ1) is 64.1. The molecular weight excluding hydrogens is 1130 g/mol. The Morgan fingerprint density at radius 3 is 1.99 bits per heavy atom. The molecule has 3 saturated heterocycles. The van der Waals surface area contributed by atoms with Gasteiger partial charge >= 0.3 is 6.18 Å². The number of fused-ring (bicyclic) bond motifs is 1. The maximum Gasteiger partial charge on any atom is 0.417 e. The molecule has 0 aliphatic carbocycles. The first-order valence-electron chi connectivity index (χ1n) is 28.4. The van der Waals surface area contributed by atoms with Crippen molar-refractivity contribution in [2.75, 3.05) is 146 Å². The number of amides is 7. The molecule has 24 nitrogen and oxygen atoms in total. The number of piperazine rings is 2. The van der Waals surface area contributed by atoms with Crippen LogP contribution >= 0.6 is 0 Å². The van der Waals surface area contributed by atoms with Gasteiger partial charge in [-0.3, -0.25) is 53.5 Å². The summed E-state index contributed by atoms with van der Waals surface area (Å²) in [6.07, 6.45) is -2.69. The zero-order chi connectivity index (χ0) is 61.5. The van der Waals surface area contributed by atoms with E-state index in [4.69, 9.17) is 23.7 Å². The summed E-state index contributed by atoms with van der Waals surface area (Å²) in [4.78, 5) is 116. The van der Waals surface area contributed by atoms with Gasteiger partial charge in [0.15, 0.2) is 0 Å². The molecule has 3 fully saturated rings. The Kier molecular flexibility index (Phi) is 22.3. The van der Waals surface area contributed by atoms with Gasteiger partial charge in [-0.2, -0.15) is 13.2 Å². The second-order valence-electron chi connectivity index (χ2n) is 21.0. The van der Waals surface area contributed by atoms with E-state index in [-0.39, 0.29) is 90.8 Å². The summed E-state index contributed by atoms with van der Waals surface area (Å²) in [6.45, 7) is 10.3. The zero-order valence-electron chi connectivity index (χ0n) is 48.1. The van der Waals surface area contributed by atoms with Gasteiger partial charge in [0, 0.05) is 119 Å². The number of nitrogens with zero attached hydrogens (tertiary/aromatic N) is 6. The Hall–Kier alpha value is -7.89. The maximum atomic E-state index is 16.2. The van der Waals surface area contributed by atoms with E-state index in [0.717, 1.165) is 4.90 Å². The summed E-state index contributed by atoms with van der Waals surface area (Å²) in [5.74, 6) is -3.96. The number of nitrogens with one attached hydrogen (secondary N) is 5. The molecule has 2 aromatic heterocycles. The molecule has 0 radical (unpaired) electrons. The van der Waals surface area contributed by atoms with Gasteiger partial charge in [0.2, 0.25) is 29.2 Å². The highest BCUT2D eigenvalue weighted by Gasteiger charge is 2.46. The molecule has 28 heteroatoms. The molecule has 2 aromatic carbocycles. The van der Waals surface area contributed by atoms with Crippen molar-refractivity contribution < 1.29 is 74.8 Å². The average molecular weight is 1210 g/mol. The predicted octanol–water partition coefficient (Wildman–Crippen LogP) is 3.52. The number of likely N-dealkylation sites (N-methyl/N-ethyl adjacent to an activating group) is 1. The van der Waals surface area contributed by atoms with Crippen molar-refractivity contribution in [1.82, 2.24) is 35.3 Å². The van der Waals surface area contributed by atoms with Crippen LogP contribution in [0.2, 0.25) is 0 Å². The Morgan fingerprint density at radius 1 is 0.733 bits per heavy atom. The number of rotatable bonds is 28. The van der Waals surface area contributed by atoms with Crippen LogP contribution in [-0.2, 0) is 49.0 Å². The molecule has 5 N–H and O–H groups in total. The fourth-order valence-electron chi connectivity index (χ4n) is 10.4. The van der Waals surface area contributed by atoms with E-state index < -0.39 is 64.3 Å². The smallest absolute Gasteiger partial charge is 0.382 e. The number of ether oxygens (including phenoxy) is 5. The lowest BCUT2D eigenvalue weighted by molar-refractivity contribution is -0.138. The summed E-state index contributed by atoms with van der Waals surface area (Å²) in [6, 6.07) is 10.1. The van der Waals surface area contributed by atoms with Gasteiger partial charge < -0.3 is 59.3 Å². The normalized spacial score (nSPS) is 18.3. The number of hydrogen-bond acceptors (Lipinski definition) is 18. The minimum Gasteiger partial charge on any atom is -0.382 e. The number of H-pyrrole nitrogens is 1. The largest absolute Gasteiger partial charge is 0.417 e. The van der Waals surface area contributed by atoms with Crippen LogP contribution in [0.15, 0.2) is 65.7 Å². The molecule has 4 aliphatic rings. The molecule has 4 aromatic rings. The molecule has 8 rings (SSSR count). The van der Waals surface area contributed by atoms with E-state index in [9.17, 15) is 51.5 Å². The summed E-state index contributed by atoms with van der Waals surface area (Å²) in [7, 11) is 1.96. The minimum atomic E-state index is -5.00. The van der Waals surface area contributed by atoms with Gasteiger partial charge in [0.1, 0.15) is 17.7 Å². The maximum absolute atomic E-state index is 16.2. The van der Waals surface area contributed by atoms with Crippen LogP contribution in [0.25, 0.3) is 11.1 Å². The van der Waals surface area contributed by atoms with E-state index >= 15 is 4.39 Å². The van der Waals surface area contributed by atoms with Crippen molar-refractivity contribution >= 4 is 64.2 Å². The van der Waals surface area contributed by atoms with Crippen molar-refractivity contribution in [2.24, 2.45) is 0 Å². The summed E-state index contributed by atoms with van der Waals surface area (Å²) >= 11 is 0. The number of pyridine rings is 2. The molecule has 0 bridgehead atoms. The molecule has 464 valence electrons. The first-order chi connectivity index (χ1) is 41.3. The van der Waals surface area contributed by atoms with Crippen LogP contribution in [0.5, 0.6) is 0 Å². The number of benzene rings is 2. The quantitative estimate of drug-likeness (QED) is 0.0309. The van der Waals surface area contributed by atoms with Crippen LogP contribution in [0.3, 0.4) is 0 Å². The Balaban J connectivity index is 0.651. The molecular formula is C58H71F4N11O13. The first-order valence-corrected chi connectivity index (χ1v) is 28.4. The van der Waals surface area contributed by atoms with E-state index in [2.05, 4.69) is 36.1 Å². The highest BCUT2D eigenvalue weighted by molar-refractivity contribution is 6.25. The Labute approximate surface area is 493 Å². The fourth-order valence-corrected chi connectivity index (χ4v) is 10.4. The highest BCUT2D eigenvalue weighted by Crippen LogP contribution is 2.38. The number of aromatic nitrogens is 2. The van der Waals surface area contributed by atoms with Crippen LogP contribution in [0, 0.1) is 5.82 Å². The van der Waals surface area contributed by atoms with E-state index in [1.807, 2.05) is 30.7 Å². The number of halogens is 4. The lowest BCUT2D eigenvalue weighted by Crippen LogP contribution is -2.55. The third-order valence-electron chi connectivity index (χ3n) is 15.2. The topological polar surface area (TPSA) is 276 Å². The van der Waals surface area contributed by atoms with Crippen molar-refractivity contribution in [3.8, 4) is 11.1 Å². The zero-order valence-corrected chi connectivity index (χ0v) is 48.1. The van der Waals surface area contributed by atoms with Gasteiger partial charge in [0.25, 0.3) is 17.7 Å². The number of carbonyl (C=O) groups excluding carboxylic acids is 7. The number of anilines is 4. The number of alkyl halides is 3. The molecule has 0 saturated carbocycles. The van der Waals surface area contributed by atoms with Gasteiger partial charge in [-0.25, -0.2) is 9.37 Å². The third kappa shape index (κ3) is 16.5. The minimum absolute atomic E-state index is 0.00522. The second kappa shape index (κ2) is 30.0. The van der Waals surface area contributed by atoms with Crippen molar-refractivity contribution in [1.29, 1.82) is 0 Å².